The first kappa shape index (κ1) is 18.6. The van der Waals surface area contributed by atoms with E-state index in [9.17, 15) is 4.79 Å². The van der Waals surface area contributed by atoms with Crippen molar-refractivity contribution in [3.05, 3.63) is 91.2 Å². The Morgan fingerprint density at radius 3 is 2.83 bits per heavy atom. The van der Waals surface area contributed by atoms with E-state index in [1.807, 2.05) is 41.0 Å². The Kier molecular flexibility index (Phi) is 5.16. The van der Waals surface area contributed by atoms with E-state index in [2.05, 4.69) is 40.9 Å². The van der Waals surface area contributed by atoms with Crippen LogP contribution < -0.4 is 5.32 Å². The molecule has 144 valence electrons. The van der Waals surface area contributed by atoms with Crippen LogP contribution in [-0.4, -0.2) is 25.4 Å². The number of amides is 1. The summed E-state index contributed by atoms with van der Waals surface area (Å²) in [6.45, 7) is 5.67. The molecule has 0 unspecified atom stereocenters. The summed E-state index contributed by atoms with van der Waals surface area (Å²) in [5.74, 6) is 0.769. The molecular weight excluding hydrogens is 362 g/mol. The third-order valence-electron chi connectivity index (χ3n) is 4.80. The molecule has 4 rings (SSSR count). The van der Waals surface area contributed by atoms with Crippen molar-refractivity contribution >= 4 is 22.6 Å². The monoisotopic (exact) mass is 383 g/mol. The van der Waals surface area contributed by atoms with Crippen LogP contribution in [0.4, 0.5) is 5.69 Å². The molecule has 0 radical (unpaired) electrons. The molecule has 0 bridgehead atoms. The summed E-state index contributed by atoms with van der Waals surface area (Å²) in [5, 5.41) is 2.77. The Morgan fingerprint density at radius 2 is 2.03 bits per heavy atom. The van der Waals surface area contributed by atoms with E-state index >= 15 is 0 Å². The number of hydrogen-bond acceptors (Lipinski definition) is 4. The highest BCUT2D eigenvalue weighted by Gasteiger charge is 2.11. The minimum Gasteiger partial charge on any atom is -0.322 e. The maximum Gasteiger partial charge on any atom is 0.247 e. The van der Waals surface area contributed by atoms with Crippen LogP contribution in [-0.2, 0) is 11.2 Å². The maximum absolute atomic E-state index is 11.6. The second kappa shape index (κ2) is 8.06. The summed E-state index contributed by atoms with van der Waals surface area (Å²) in [6, 6.07) is 15.9. The lowest BCUT2D eigenvalue weighted by Gasteiger charge is -2.12. The number of nitrogens with one attached hydrogen (secondary N) is 1. The van der Waals surface area contributed by atoms with Gasteiger partial charge < -0.3 is 5.32 Å². The number of imidazole rings is 1. The van der Waals surface area contributed by atoms with Crippen LogP contribution in [0, 0.1) is 0 Å². The fraction of sp³-hybridized carbons (Fsp3) is 0.130. The van der Waals surface area contributed by atoms with Gasteiger partial charge in [-0.05, 0) is 42.2 Å². The molecule has 2 heterocycles. The van der Waals surface area contributed by atoms with Gasteiger partial charge >= 0.3 is 0 Å². The van der Waals surface area contributed by atoms with Crippen LogP contribution in [0.2, 0.25) is 0 Å². The molecule has 4 aromatic rings. The molecule has 0 spiro atoms. The van der Waals surface area contributed by atoms with Crippen LogP contribution in [0.1, 0.15) is 24.1 Å². The molecule has 1 atom stereocenters. The highest BCUT2D eigenvalue weighted by Crippen LogP contribution is 2.23. The predicted octanol–water partition coefficient (Wildman–Crippen LogP) is 4.29. The molecule has 0 fully saturated rings. The number of benzene rings is 2. The maximum atomic E-state index is 11.6. The molecule has 1 amide bonds. The molecule has 2 aromatic carbocycles. The minimum atomic E-state index is -0.257. The molecule has 6 heteroatoms. The highest BCUT2D eigenvalue weighted by atomic mass is 16.1. The van der Waals surface area contributed by atoms with Crippen molar-refractivity contribution in [3.8, 4) is 5.82 Å². The van der Waals surface area contributed by atoms with Crippen molar-refractivity contribution in [2.24, 2.45) is 0 Å². The van der Waals surface area contributed by atoms with Gasteiger partial charge in [-0.15, -0.1) is 0 Å². The molecule has 2 aromatic heterocycles. The van der Waals surface area contributed by atoms with Crippen molar-refractivity contribution in [2.75, 3.05) is 5.32 Å². The van der Waals surface area contributed by atoms with Crippen LogP contribution in [0.3, 0.4) is 0 Å². The molecule has 0 aliphatic carbocycles. The number of rotatable bonds is 6. The minimum absolute atomic E-state index is 0.257. The molecule has 0 aliphatic rings. The third-order valence-corrected chi connectivity index (χ3v) is 4.80. The third kappa shape index (κ3) is 4.06. The molecule has 0 saturated carbocycles. The lowest BCUT2D eigenvalue weighted by molar-refractivity contribution is -0.111. The van der Waals surface area contributed by atoms with Gasteiger partial charge in [-0.1, -0.05) is 43.8 Å². The van der Waals surface area contributed by atoms with Crippen LogP contribution in [0.25, 0.3) is 16.9 Å². The van der Waals surface area contributed by atoms with Gasteiger partial charge in [0.05, 0.1) is 22.9 Å². The average Bonchev–Trinajstić information content (AvgIpc) is 3.17. The Morgan fingerprint density at radius 1 is 1.21 bits per heavy atom. The van der Waals surface area contributed by atoms with Crippen molar-refractivity contribution < 1.29 is 4.79 Å². The number of anilines is 1. The van der Waals surface area contributed by atoms with Gasteiger partial charge in [-0.3, -0.25) is 14.3 Å². The summed E-state index contributed by atoms with van der Waals surface area (Å²) >= 11 is 0. The van der Waals surface area contributed by atoms with Crippen molar-refractivity contribution in [1.82, 2.24) is 19.5 Å². The van der Waals surface area contributed by atoms with Gasteiger partial charge in [0.25, 0.3) is 0 Å². The standard InChI is InChI=1S/C23H21N5O/c1-3-23(29)27-18-9-10-20-21(12-18)28(15-25-20)22-14-24-13-19(26-22)11-16(2)17-7-5-4-6-8-17/h3-10,12-16H,1,11H2,2H3,(H,27,29)/t16-/m1/s1. The number of nitrogens with zero attached hydrogens (tertiary/aromatic N) is 4. The van der Waals surface area contributed by atoms with Gasteiger partial charge in [0.2, 0.25) is 5.91 Å². The van der Waals surface area contributed by atoms with Gasteiger partial charge in [0.1, 0.15) is 6.33 Å². The normalized spacial score (nSPS) is 11.9. The summed E-state index contributed by atoms with van der Waals surface area (Å²) < 4.78 is 1.88. The predicted molar refractivity (Wildman–Crippen MR) is 114 cm³/mol. The molecular formula is C23H21N5O. The number of carbonyl (C=O) groups is 1. The van der Waals surface area contributed by atoms with Gasteiger partial charge in [0, 0.05) is 11.9 Å². The molecule has 6 nitrogen and oxygen atoms in total. The van der Waals surface area contributed by atoms with Gasteiger partial charge in [-0.25, -0.2) is 9.97 Å². The van der Waals surface area contributed by atoms with Crippen molar-refractivity contribution in [3.63, 3.8) is 0 Å². The first-order valence-corrected chi connectivity index (χ1v) is 9.41. The molecule has 0 aliphatic heterocycles. The summed E-state index contributed by atoms with van der Waals surface area (Å²) in [4.78, 5) is 25.2. The van der Waals surface area contributed by atoms with E-state index in [1.165, 1.54) is 11.6 Å². The van der Waals surface area contributed by atoms with Crippen LogP contribution >= 0.6 is 0 Å². The Bertz CT molecular complexity index is 1170. The zero-order chi connectivity index (χ0) is 20.2. The summed E-state index contributed by atoms with van der Waals surface area (Å²) in [7, 11) is 0. The Labute approximate surface area is 169 Å². The SMILES string of the molecule is C=CC(=O)Nc1ccc2ncn(-c3cncc(C[C@@H](C)c4ccccc4)n3)c2c1. The average molecular weight is 383 g/mol. The van der Waals surface area contributed by atoms with Crippen LogP contribution in [0.15, 0.2) is 79.9 Å². The fourth-order valence-corrected chi connectivity index (χ4v) is 3.28. The van der Waals surface area contributed by atoms with E-state index in [0.717, 1.165) is 23.1 Å². The fourth-order valence-electron chi connectivity index (χ4n) is 3.28. The highest BCUT2D eigenvalue weighted by molar-refractivity contribution is 6.00. The zero-order valence-electron chi connectivity index (χ0n) is 16.1. The lowest BCUT2D eigenvalue weighted by Crippen LogP contribution is -2.07. The van der Waals surface area contributed by atoms with E-state index < -0.39 is 0 Å². The van der Waals surface area contributed by atoms with Crippen molar-refractivity contribution in [1.29, 1.82) is 0 Å². The quantitative estimate of drug-likeness (QED) is 0.504. The first-order chi connectivity index (χ1) is 14.1. The second-order valence-corrected chi connectivity index (χ2v) is 6.90. The number of fused-ring (bicyclic) bond motifs is 1. The van der Waals surface area contributed by atoms with E-state index in [1.54, 1.807) is 18.7 Å². The van der Waals surface area contributed by atoms with E-state index in [0.29, 0.717) is 17.4 Å². The Balaban J connectivity index is 1.64. The van der Waals surface area contributed by atoms with Crippen molar-refractivity contribution in [2.45, 2.75) is 19.3 Å². The lowest BCUT2D eigenvalue weighted by atomic mass is 9.96. The zero-order valence-corrected chi connectivity index (χ0v) is 16.1. The second-order valence-electron chi connectivity index (χ2n) is 6.90. The van der Waals surface area contributed by atoms with Gasteiger partial charge in [-0.2, -0.15) is 0 Å². The summed E-state index contributed by atoms with van der Waals surface area (Å²) in [6.07, 6.45) is 7.27. The summed E-state index contributed by atoms with van der Waals surface area (Å²) in [5.41, 5.74) is 4.51. The Hall–Kier alpha value is -3.80. The smallest absolute Gasteiger partial charge is 0.247 e. The van der Waals surface area contributed by atoms with E-state index in [4.69, 9.17) is 4.98 Å². The largest absolute Gasteiger partial charge is 0.322 e. The molecule has 0 saturated heterocycles. The topological polar surface area (TPSA) is 72.7 Å². The molecule has 29 heavy (non-hydrogen) atoms. The molecule has 1 N–H and O–H groups in total. The van der Waals surface area contributed by atoms with Crippen LogP contribution in [0.5, 0.6) is 0 Å². The number of aromatic nitrogens is 4. The van der Waals surface area contributed by atoms with E-state index in [-0.39, 0.29) is 5.91 Å². The van der Waals surface area contributed by atoms with Gasteiger partial charge in [0.15, 0.2) is 5.82 Å². The first-order valence-electron chi connectivity index (χ1n) is 9.41. The number of hydrogen-bond donors (Lipinski definition) is 1. The number of carbonyl (C=O) groups excluding carboxylic acids is 1.